The summed E-state index contributed by atoms with van der Waals surface area (Å²) in [6.45, 7) is 4.72. The minimum absolute atomic E-state index is 0. The molecule has 7 heteroatoms. The second kappa shape index (κ2) is 17.0. The maximum absolute atomic E-state index is 10.8. The predicted octanol–water partition coefficient (Wildman–Crippen LogP) is -1.67. The minimum atomic E-state index is -1.06. The van der Waals surface area contributed by atoms with Crippen LogP contribution in [0.25, 0.3) is 0 Å². The van der Waals surface area contributed by atoms with E-state index in [4.69, 9.17) is 5.11 Å². The molecule has 0 aromatic carbocycles. The van der Waals surface area contributed by atoms with Crippen molar-refractivity contribution < 1.29 is 58.9 Å². The molecule has 0 spiro atoms. The Bertz CT molecular complexity index is 368. The maximum Gasteiger partial charge on any atom is 1.00 e. The zero-order chi connectivity index (χ0) is 18.3. The predicted molar refractivity (Wildman–Crippen MR) is 91.2 cm³/mol. The summed E-state index contributed by atoms with van der Waals surface area (Å²) in [5, 5.41) is 28.9. The molecule has 0 aliphatic rings. The van der Waals surface area contributed by atoms with Gasteiger partial charge in [0.1, 0.15) is 6.54 Å². The number of nitrogens with zero attached hydrogens (tertiary/aromatic N) is 1. The van der Waals surface area contributed by atoms with Crippen molar-refractivity contribution in [2.24, 2.45) is 0 Å². The Morgan fingerprint density at radius 3 is 2.08 bits per heavy atom. The molecule has 0 rings (SSSR count). The number of hydrogen-bond acceptors (Lipinski definition) is 4. The van der Waals surface area contributed by atoms with E-state index in [1.54, 1.807) is 0 Å². The topological polar surface area (TPSA) is 97.7 Å². The number of carbonyl (C=O) groups excluding carboxylic acids is 1. The van der Waals surface area contributed by atoms with Crippen molar-refractivity contribution in [1.29, 1.82) is 0 Å². The molecule has 0 saturated carbocycles. The number of aliphatic hydroxyl groups excluding tert-OH is 1. The summed E-state index contributed by atoms with van der Waals surface area (Å²) in [6, 6.07) is 0. The van der Waals surface area contributed by atoms with Gasteiger partial charge in [0.05, 0.1) is 32.7 Å². The molecular formula is C18H33NNaO5+. The second-order valence-corrected chi connectivity index (χ2v) is 6.35. The monoisotopic (exact) mass is 366 g/mol. The summed E-state index contributed by atoms with van der Waals surface area (Å²) in [4.78, 5) is 21.4. The summed E-state index contributed by atoms with van der Waals surface area (Å²) < 4.78 is 0.598. The van der Waals surface area contributed by atoms with Crippen LogP contribution < -0.4 is 34.7 Å². The van der Waals surface area contributed by atoms with Crippen LogP contribution in [-0.4, -0.2) is 59.4 Å². The van der Waals surface area contributed by atoms with Crippen molar-refractivity contribution in [1.82, 2.24) is 0 Å². The van der Waals surface area contributed by atoms with Gasteiger partial charge in [-0.3, -0.25) is 4.79 Å². The number of aliphatic hydroxyl groups is 1. The fraction of sp³-hybridized carbons (Fsp3) is 0.778. The smallest absolute Gasteiger partial charge is 0.550 e. The van der Waals surface area contributed by atoms with E-state index in [-0.39, 0.29) is 49.0 Å². The van der Waals surface area contributed by atoms with Crippen LogP contribution in [0.5, 0.6) is 0 Å². The molecule has 0 saturated heterocycles. The van der Waals surface area contributed by atoms with Gasteiger partial charge in [-0.2, -0.15) is 0 Å². The van der Waals surface area contributed by atoms with Gasteiger partial charge in [0, 0.05) is 18.8 Å². The fourth-order valence-electron chi connectivity index (χ4n) is 3.06. The van der Waals surface area contributed by atoms with E-state index in [1.165, 1.54) is 0 Å². The third kappa shape index (κ3) is 15.6. The van der Waals surface area contributed by atoms with E-state index < -0.39 is 11.9 Å². The van der Waals surface area contributed by atoms with Crippen LogP contribution in [-0.2, 0) is 9.59 Å². The molecule has 2 N–H and O–H groups in total. The molecule has 0 aliphatic carbocycles. The summed E-state index contributed by atoms with van der Waals surface area (Å²) in [7, 11) is 0. The first-order valence-electron chi connectivity index (χ1n) is 8.94. The van der Waals surface area contributed by atoms with Crippen LogP contribution >= 0.6 is 0 Å². The molecule has 0 aliphatic heterocycles. The quantitative estimate of drug-likeness (QED) is 0.147. The molecule has 6 nitrogen and oxygen atoms in total. The molecule has 0 fully saturated rings. The maximum atomic E-state index is 10.8. The number of unbranched alkanes of at least 4 members (excludes halogenated alkanes) is 3. The molecule has 0 aromatic rings. The van der Waals surface area contributed by atoms with E-state index in [0.29, 0.717) is 37.0 Å². The third-order valence-electron chi connectivity index (χ3n) is 4.35. The molecular weight excluding hydrogens is 333 g/mol. The van der Waals surface area contributed by atoms with Crippen molar-refractivity contribution >= 4 is 11.9 Å². The summed E-state index contributed by atoms with van der Waals surface area (Å²) in [6.07, 6.45) is 9.57. The summed E-state index contributed by atoms with van der Waals surface area (Å²) in [5.74, 6) is -1.88. The van der Waals surface area contributed by atoms with Crippen LogP contribution in [0.4, 0.5) is 0 Å². The molecule has 0 radical (unpaired) electrons. The van der Waals surface area contributed by atoms with Crippen LogP contribution in [0.1, 0.15) is 58.3 Å². The van der Waals surface area contributed by atoms with Crippen LogP contribution in [0, 0.1) is 0 Å². The van der Waals surface area contributed by atoms with Crippen molar-refractivity contribution in [3.8, 4) is 0 Å². The summed E-state index contributed by atoms with van der Waals surface area (Å²) in [5.41, 5.74) is 0. The van der Waals surface area contributed by atoms with Gasteiger partial charge < -0.3 is 24.6 Å². The Hall–Kier alpha value is -0.400. The Morgan fingerprint density at radius 1 is 0.960 bits per heavy atom. The number of carboxylic acid groups (broad SMARTS) is 2. The van der Waals surface area contributed by atoms with E-state index in [2.05, 4.69) is 6.08 Å². The molecule has 140 valence electrons. The molecule has 0 heterocycles. The first kappa shape index (κ1) is 26.8. The largest absolute Gasteiger partial charge is 1.00 e. The molecule has 0 aromatic heterocycles. The van der Waals surface area contributed by atoms with E-state index in [0.717, 1.165) is 32.2 Å². The van der Waals surface area contributed by atoms with E-state index >= 15 is 0 Å². The van der Waals surface area contributed by atoms with Crippen LogP contribution in [0.15, 0.2) is 12.2 Å². The zero-order valence-electron chi connectivity index (χ0n) is 15.9. The Labute approximate surface area is 173 Å². The van der Waals surface area contributed by atoms with Crippen molar-refractivity contribution in [2.45, 2.75) is 58.3 Å². The fourth-order valence-corrected chi connectivity index (χ4v) is 3.06. The molecule has 0 bridgehead atoms. The standard InChI is InChI=1S/C18H33NO5.Na/c1-2-3-4-5-6-7-12-19(15-16-20,13-8-10-17(21)22)14-9-11-18(23)24;/h2-3,20H,4-16H2,1H3,(H-,21,22,23,24);/q;+1/b3-2+;. The molecule has 25 heavy (non-hydrogen) atoms. The third-order valence-corrected chi connectivity index (χ3v) is 4.35. The van der Waals surface area contributed by atoms with E-state index in [1.807, 2.05) is 13.0 Å². The van der Waals surface area contributed by atoms with Crippen LogP contribution in [0.2, 0.25) is 0 Å². The minimum Gasteiger partial charge on any atom is -0.550 e. The van der Waals surface area contributed by atoms with Crippen molar-refractivity contribution in [3.05, 3.63) is 12.2 Å². The first-order chi connectivity index (χ1) is 11.5. The van der Waals surface area contributed by atoms with Gasteiger partial charge in [0.15, 0.2) is 0 Å². The van der Waals surface area contributed by atoms with Crippen molar-refractivity contribution in [2.75, 3.05) is 32.8 Å². The van der Waals surface area contributed by atoms with Crippen LogP contribution in [0.3, 0.4) is 0 Å². The Kier molecular flexibility index (Phi) is 18.3. The van der Waals surface area contributed by atoms with Gasteiger partial charge in [-0.1, -0.05) is 12.2 Å². The number of hydrogen-bond donors (Lipinski definition) is 2. The number of aliphatic carboxylic acids is 2. The van der Waals surface area contributed by atoms with Gasteiger partial charge in [-0.15, -0.1) is 0 Å². The van der Waals surface area contributed by atoms with Crippen molar-refractivity contribution in [3.63, 3.8) is 0 Å². The van der Waals surface area contributed by atoms with Gasteiger partial charge in [-0.05, 0) is 39.0 Å². The van der Waals surface area contributed by atoms with Gasteiger partial charge >= 0.3 is 35.5 Å². The number of rotatable bonds is 16. The molecule has 1 unspecified atom stereocenters. The Morgan fingerprint density at radius 2 is 1.56 bits per heavy atom. The number of carboxylic acids is 2. The average Bonchev–Trinajstić information content (AvgIpc) is 2.50. The Balaban J connectivity index is 0. The zero-order valence-corrected chi connectivity index (χ0v) is 17.9. The molecule has 1 atom stereocenters. The summed E-state index contributed by atoms with van der Waals surface area (Å²) >= 11 is 0. The van der Waals surface area contributed by atoms with Gasteiger partial charge in [-0.25, -0.2) is 0 Å². The number of allylic oxidation sites excluding steroid dienone is 2. The van der Waals surface area contributed by atoms with Gasteiger partial charge in [0.25, 0.3) is 0 Å². The number of carbonyl (C=O) groups is 2. The van der Waals surface area contributed by atoms with Gasteiger partial charge in [0.2, 0.25) is 0 Å². The number of quaternary nitrogens is 1. The van der Waals surface area contributed by atoms with E-state index in [9.17, 15) is 19.8 Å². The molecule has 0 amide bonds. The first-order valence-corrected chi connectivity index (χ1v) is 8.94. The second-order valence-electron chi connectivity index (χ2n) is 6.35. The normalized spacial score (nSPS) is 13.4. The average molecular weight is 366 g/mol. The SMILES string of the molecule is C/C=C/CCCCC[N+](CCO)(CCCC(=O)[O-])CCCC(=O)O.[Na+].